The summed E-state index contributed by atoms with van der Waals surface area (Å²) in [7, 11) is 4.45. The summed E-state index contributed by atoms with van der Waals surface area (Å²) < 4.78 is 10.7. The molecule has 0 aromatic heterocycles. The minimum atomic E-state index is -0.621. The fraction of sp³-hybridized carbons (Fsp3) is 0.375. The molecular formula is C24H29Cl2N7O5. The lowest BCUT2D eigenvalue weighted by atomic mass is 10.0. The third kappa shape index (κ3) is 5.86. The molecule has 1 aromatic carbocycles. The molecule has 0 spiro atoms. The van der Waals surface area contributed by atoms with Crippen LogP contribution in [0.25, 0.3) is 0 Å². The number of amides is 4. The molecule has 1 aromatic rings. The highest BCUT2D eigenvalue weighted by atomic mass is 35.5. The number of rotatable bonds is 7. The molecule has 0 saturated carbocycles. The molecule has 1 saturated heterocycles. The molecule has 0 aliphatic carbocycles. The van der Waals surface area contributed by atoms with E-state index in [2.05, 4.69) is 39.2 Å². The first-order chi connectivity index (χ1) is 18.1. The van der Waals surface area contributed by atoms with Gasteiger partial charge < -0.3 is 25.4 Å². The Morgan fingerprint density at radius 3 is 2.42 bits per heavy atom. The number of aliphatic imine (C=N–C) groups is 2. The smallest absolute Gasteiger partial charge is 0.330 e. The Balaban J connectivity index is 1.94. The van der Waals surface area contributed by atoms with Gasteiger partial charge in [0.2, 0.25) is 17.8 Å². The first kappa shape index (κ1) is 28.8. The number of piperidine rings is 1. The normalized spacial score (nSPS) is 20.1. The molecular weight excluding hydrogens is 537 g/mol. The predicted molar refractivity (Wildman–Crippen MR) is 146 cm³/mol. The molecule has 1 fully saturated rings. The summed E-state index contributed by atoms with van der Waals surface area (Å²) in [6.45, 7) is 9.13. The number of benzene rings is 1. The average molecular weight is 566 g/mol. The second-order valence-electron chi connectivity index (χ2n) is 8.44. The number of methoxy groups -OCH3 is 2. The molecule has 2 aliphatic heterocycles. The number of ether oxygens (including phenoxy) is 2. The Bertz CT molecular complexity index is 1200. The number of guanidine groups is 1. The molecule has 2 heterocycles. The number of halogens is 2. The zero-order valence-electron chi connectivity index (χ0n) is 21.4. The van der Waals surface area contributed by atoms with Crippen molar-refractivity contribution in [3.05, 3.63) is 40.2 Å². The molecule has 2 atom stereocenters. The van der Waals surface area contributed by atoms with Crippen molar-refractivity contribution < 1.29 is 23.9 Å². The van der Waals surface area contributed by atoms with Crippen molar-refractivity contribution in [2.24, 2.45) is 9.98 Å². The first-order valence-electron chi connectivity index (χ1n) is 11.4. The van der Waals surface area contributed by atoms with Crippen molar-refractivity contribution in [3.63, 3.8) is 0 Å². The summed E-state index contributed by atoms with van der Waals surface area (Å²) in [5.74, 6) is 0.461. The third-order valence-electron chi connectivity index (χ3n) is 6.03. The lowest BCUT2D eigenvalue weighted by molar-refractivity contribution is -0.124. The molecule has 14 heteroatoms. The van der Waals surface area contributed by atoms with Crippen LogP contribution >= 0.6 is 23.2 Å². The summed E-state index contributed by atoms with van der Waals surface area (Å²) in [4.78, 5) is 48.5. The van der Waals surface area contributed by atoms with Gasteiger partial charge in [0.25, 0.3) is 0 Å². The second-order valence-corrected chi connectivity index (χ2v) is 9.20. The van der Waals surface area contributed by atoms with E-state index in [1.54, 1.807) is 14.0 Å². The first-order valence-corrected chi connectivity index (χ1v) is 12.2. The van der Waals surface area contributed by atoms with Gasteiger partial charge >= 0.3 is 6.03 Å². The molecule has 12 nitrogen and oxygen atoms in total. The highest BCUT2D eigenvalue weighted by Crippen LogP contribution is 2.47. The fourth-order valence-corrected chi connectivity index (χ4v) is 4.79. The van der Waals surface area contributed by atoms with Crippen molar-refractivity contribution in [2.75, 3.05) is 39.3 Å². The highest BCUT2D eigenvalue weighted by Gasteiger charge is 2.35. The molecule has 2 unspecified atom stereocenters. The number of carbonyl (C=O) groups excluding carboxylic acids is 3. The van der Waals surface area contributed by atoms with Crippen LogP contribution in [0.2, 0.25) is 10.0 Å². The SMILES string of the molecule is C=CC(=O)NC1CNC(=O)CC1N=C(N=C)NC1=C(C)CN(c2c(Cl)c(OC)cc(OC)c2Cl)C(=O)N1C. The predicted octanol–water partition coefficient (Wildman–Crippen LogP) is 2.32. The average Bonchev–Trinajstić information content (AvgIpc) is 2.90. The van der Waals surface area contributed by atoms with E-state index in [1.165, 1.54) is 30.1 Å². The summed E-state index contributed by atoms with van der Waals surface area (Å²) in [5, 5.41) is 8.79. The summed E-state index contributed by atoms with van der Waals surface area (Å²) in [5.41, 5.74) is 0.958. The van der Waals surface area contributed by atoms with Crippen LogP contribution in [0.1, 0.15) is 13.3 Å². The van der Waals surface area contributed by atoms with E-state index in [-0.39, 0.29) is 47.1 Å². The van der Waals surface area contributed by atoms with Crippen LogP contribution in [0.3, 0.4) is 0 Å². The maximum absolute atomic E-state index is 13.5. The van der Waals surface area contributed by atoms with Gasteiger partial charge in [-0.1, -0.05) is 29.8 Å². The molecule has 3 rings (SSSR count). The van der Waals surface area contributed by atoms with Gasteiger partial charge in [0.1, 0.15) is 27.4 Å². The van der Waals surface area contributed by atoms with E-state index in [9.17, 15) is 14.4 Å². The largest absolute Gasteiger partial charge is 0.495 e. The maximum atomic E-state index is 13.5. The van der Waals surface area contributed by atoms with Crippen molar-refractivity contribution in [1.82, 2.24) is 20.9 Å². The van der Waals surface area contributed by atoms with Gasteiger partial charge in [0.05, 0.1) is 45.0 Å². The van der Waals surface area contributed by atoms with Crippen LogP contribution in [-0.2, 0) is 9.59 Å². The number of hydrogen-bond donors (Lipinski definition) is 3. The number of anilines is 1. The highest BCUT2D eigenvalue weighted by molar-refractivity contribution is 6.41. The van der Waals surface area contributed by atoms with Gasteiger partial charge in [-0.3, -0.25) is 19.4 Å². The van der Waals surface area contributed by atoms with Crippen molar-refractivity contribution >= 4 is 59.4 Å². The number of nitrogens with one attached hydrogen (secondary N) is 3. The summed E-state index contributed by atoms with van der Waals surface area (Å²) in [6.07, 6.45) is 1.17. The Hall–Kier alpha value is -3.77. The van der Waals surface area contributed by atoms with Crippen LogP contribution in [0.15, 0.2) is 40.1 Å². The molecule has 38 heavy (non-hydrogen) atoms. The number of nitrogens with zero attached hydrogens (tertiary/aromatic N) is 4. The Morgan fingerprint density at radius 2 is 1.87 bits per heavy atom. The van der Waals surface area contributed by atoms with Crippen molar-refractivity contribution in [3.8, 4) is 11.5 Å². The molecule has 3 N–H and O–H groups in total. The standard InChI is InChI=1S/C24H29Cl2N7O5/c1-7-17(34)29-14-10-28-18(35)8-13(14)30-23(27-3)31-22-12(2)11-33(24(36)32(22)4)21-19(25)15(37-5)9-16(38-6)20(21)26/h7,9,13-14H,1,3,8,10-11H2,2,4-6H3,(H,28,35)(H,29,34)(H,30,31). The number of hydrogen-bond acceptors (Lipinski definition) is 6. The van der Waals surface area contributed by atoms with Crippen molar-refractivity contribution in [2.45, 2.75) is 25.4 Å². The van der Waals surface area contributed by atoms with Crippen molar-refractivity contribution in [1.29, 1.82) is 0 Å². The molecule has 0 radical (unpaired) electrons. The van der Waals surface area contributed by atoms with Crippen LogP contribution in [0.5, 0.6) is 11.5 Å². The fourth-order valence-electron chi connectivity index (χ4n) is 4.08. The summed E-state index contributed by atoms with van der Waals surface area (Å²) >= 11 is 13.1. The van der Waals surface area contributed by atoms with E-state index in [0.717, 1.165) is 11.6 Å². The number of carbonyl (C=O) groups is 3. The van der Waals surface area contributed by atoms with E-state index in [0.29, 0.717) is 17.3 Å². The minimum Gasteiger partial charge on any atom is -0.495 e. The Labute approximate surface area is 230 Å². The molecule has 204 valence electrons. The lowest BCUT2D eigenvalue weighted by Gasteiger charge is -2.37. The van der Waals surface area contributed by atoms with Crippen LogP contribution in [0.4, 0.5) is 10.5 Å². The molecule has 4 amide bonds. The Kier molecular flexibility index (Phi) is 9.23. The zero-order valence-corrected chi connectivity index (χ0v) is 22.9. The van der Waals surface area contributed by atoms with Gasteiger partial charge in [-0.2, -0.15) is 0 Å². The van der Waals surface area contributed by atoms with Gasteiger partial charge in [-0.05, 0) is 25.3 Å². The Morgan fingerprint density at radius 1 is 1.24 bits per heavy atom. The van der Waals surface area contributed by atoms with Crippen LogP contribution < -0.4 is 30.3 Å². The quantitative estimate of drug-likeness (QED) is 0.263. The van der Waals surface area contributed by atoms with Gasteiger partial charge in [-0.15, -0.1) is 0 Å². The second kappa shape index (κ2) is 12.2. The van der Waals surface area contributed by atoms with Gasteiger partial charge in [0, 0.05) is 19.7 Å². The van der Waals surface area contributed by atoms with E-state index >= 15 is 0 Å². The lowest BCUT2D eigenvalue weighted by Crippen LogP contribution is -2.55. The van der Waals surface area contributed by atoms with Crippen LogP contribution in [0, 0.1) is 0 Å². The monoisotopic (exact) mass is 565 g/mol. The van der Waals surface area contributed by atoms with Gasteiger partial charge in [0.15, 0.2) is 0 Å². The van der Waals surface area contributed by atoms with E-state index in [1.807, 2.05) is 0 Å². The third-order valence-corrected chi connectivity index (χ3v) is 6.76. The van der Waals surface area contributed by atoms with E-state index < -0.39 is 24.0 Å². The van der Waals surface area contributed by atoms with E-state index in [4.69, 9.17) is 32.7 Å². The topological polar surface area (TPSA) is 137 Å². The van der Waals surface area contributed by atoms with Crippen LogP contribution in [-0.4, -0.2) is 81.9 Å². The molecule has 0 bridgehead atoms. The zero-order chi connectivity index (χ0) is 28.1. The van der Waals surface area contributed by atoms with Gasteiger partial charge in [-0.25, -0.2) is 14.8 Å². The number of urea groups is 1. The summed E-state index contributed by atoms with van der Waals surface area (Å²) in [6, 6.07) is -0.0184. The molecule has 2 aliphatic rings. The maximum Gasteiger partial charge on any atom is 0.330 e. The minimum absolute atomic E-state index is 0.0258.